The highest BCUT2D eigenvalue weighted by atomic mass is 19.1. The van der Waals surface area contributed by atoms with Crippen LogP contribution in [0.5, 0.6) is 0 Å². The number of carbonyl (C=O) groups is 1. The molecule has 2 aromatic heterocycles. The molecule has 9 nitrogen and oxygen atoms in total. The van der Waals surface area contributed by atoms with Crippen LogP contribution in [0.2, 0.25) is 0 Å². The molecule has 0 aliphatic carbocycles. The SMILES string of the molecule is CCN(C=O)/C(CO)=N\N(C)c1cc2c(C(C)C)cn(-c3nccnc3C)c(=O)c2cc1F. The molecule has 0 aliphatic heterocycles. The van der Waals surface area contributed by atoms with Gasteiger partial charge in [0, 0.05) is 32.2 Å². The van der Waals surface area contributed by atoms with Gasteiger partial charge in [-0.05, 0) is 42.8 Å². The molecule has 2 heterocycles. The first-order valence-corrected chi connectivity index (χ1v) is 10.5. The Morgan fingerprint density at radius 3 is 2.55 bits per heavy atom. The number of nitrogens with zero attached hydrogens (tertiary/aromatic N) is 6. The van der Waals surface area contributed by atoms with Crippen LogP contribution in [0.3, 0.4) is 0 Å². The fourth-order valence-corrected chi connectivity index (χ4v) is 3.60. The van der Waals surface area contributed by atoms with Crippen LogP contribution >= 0.6 is 0 Å². The van der Waals surface area contributed by atoms with E-state index in [4.69, 9.17) is 0 Å². The molecular weight excluding hydrogens is 427 g/mol. The van der Waals surface area contributed by atoms with Gasteiger partial charge in [-0.3, -0.25) is 29.0 Å². The Labute approximate surface area is 190 Å². The lowest BCUT2D eigenvalue weighted by Gasteiger charge is -2.22. The molecule has 3 rings (SSSR count). The Kier molecular flexibility index (Phi) is 7.17. The number of amidine groups is 1. The van der Waals surface area contributed by atoms with Crippen molar-refractivity contribution in [1.82, 2.24) is 19.4 Å². The van der Waals surface area contributed by atoms with E-state index in [1.54, 1.807) is 32.3 Å². The van der Waals surface area contributed by atoms with E-state index in [1.165, 1.54) is 33.8 Å². The number of hydrazone groups is 1. The number of pyridine rings is 1. The molecule has 0 radical (unpaired) electrons. The van der Waals surface area contributed by atoms with E-state index in [2.05, 4.69) is 15.1 Å². The summed E-state index contributed by atoms with van der Waals surface area (Å²) < 4.78 is 16.6. The maximum Gasteiger partial charge on any atom is 0.264 e. The molecule has 0 atom stereocenters. The summed E-state index contributed by atoms with van der Waals surface area (Å²) in [5, 5.41) is 15.8. The molecule has 174 valence electrons. The van der Waals surface area contributed by atoms with Gasteiger partial charge in [0.25, 0.3) is 5.56 Å². The number of likely N-dealkylation sites (N-methyl/N-ethyl adjacent to an activating group) is 1. The lowest BCUT2D eigenvalue weighted by atomic mass is 9.97. The number of fused-ring (bicyclic) bond motifs is 1. The second-order valence-corrected chi connectivity index (χ2v) is 7.82. The van der Waals surface area contributed by atoms with Crippen molar-refractivity contribution in [3.63, 3.8) is 0 Å². The fraction of sp³-hybridized carbons (Fsp3) is 0.348. The average molecular weight is 455 g/mol. The van der Waals surface area contributed by atoms with Crippen LogP contribution in [0.4, 0.5) is 10.1 Å². The van der Waals surface area contributed by atoms with Gasteiger partial charge in [-0.25, -0.2) is 9.37 Å². The zero-order valence-corrected chi connectivity index (χ0v) is 19.3. The van der Waals surface area contributed by atoms with Crippen molar-refractivity contribution >= 4 is 28.7 Å². The van der Waals surface area contributed by atoms with Gasteiger partial charge in [-0.15, -0.1) is 0 Å². The summed E-state index contributed by atoms with van der Waals surface area (Å²) in [4.78, 5) is 34.2. The molecule has 0 saturated heterocycles. The number of carbonyl (C=O) groups excluding carboxylic acids is 1. The Bertz CT molecular complexity index is 1270. The van der Waals surface area contributed by atoms with Crippen molar-refractivity contribution < 1.29 is 14.3 Å². The summed E-state index contributed by atoms with van der Waals surface area (Å²) in [7, 11) is 1.51. The number of hydrogen-bond acceptors (Lipinski definition) is 7. The number of amides is 1. The van der Waals surface area contributed by atoms with Crippen molar-refractivity contribution in [3.8, 4) is 5.82 Å². The van der Waals surface area contributed by atoms with E-state index in [0.717, 1.165) is 5.56 Å². The minimum absolute atomic E-state index is 0.0158. The molecule has 1 amide bonds. The third kappa shape index (κ3) is 4.61. The van der Waals surface area contributed by atoms with Gasteiger partial charge in [0.05, 0.1) is 16.8 Å². The lowest BCUT2D eigenvalue weighted by Crippen LogP contribution is -2.34. The van der Waals surface area contributed by atoms with Gasteiger partial charge in [-0.2, -0.15) is 5.10 Å². The molecule has 1 N–H and O–H groups in total. The van der Waals surface area contributed by atoms with E-state index < -0.39 is 18.0 Å². The van der Waals surface area contributed by atoms with Crippen LogP contribution in [0.25, 0.3) is 16.6 Å². The average Bonchev–Trinajstić information content (AvgIpc) is 2.79. The number of aryl methyl sites for hydroxylation is 1. The molecule has 0 unspecified atom stereocenters. The maximum absolute atomic E-state index is 15.2. The highest BCUT2D eigenvalue weighted by molar-refractivity contribution is 5.93. The fourth-order valence-electron chi connectivity index (χ4n) is 3.60. The summed E-state index contributed by atoms with van der Waals surface area (Å²) in [6.45, 7) is 7.24. The number of benzene rings is 1. The Balaban J connectivity index is 2.25. The molecule has 0 saturated carbocycles. The number of halogens is 1. The zero-order chi connectivity index (χ0) is 24.3. The van der Waals surface area contributed by atoms with Gasteiger partial charge < -0.3 is 5.11 Å². The van der Waals surface area contributed by atoms with Gasteiger partial charge in [0.15, 0.2) is 11.7 Å². The van der Waals surface area contributed by atoms with Crippen LogP contribution in [0, 0.1) is 12.7 Å². The largest absolute Gasteiger partial charge is 0.388 e. The highest BCUT2D eigenvalue weighted by Crippen LogP contribution is 2.30. The molecule has 0 fully saturated rings. The summed E-state index contributed by atoms with van der Waals surface area (Å²) in [5.74, 6) is -0.187. The predicted octanol–water partition coefficient (Wildman–Crippen LogP) is 2.57. The first kappa shape index (κ1) is 24.0. The van der Waals surface area contributed by atoms with Crippen LogP contribution in [0.1, 0.15) is 37.9 Å². The summed E-state index contributed by atoms with van der Waals surface area (Å²) >= 11 is 0. The van der Waals surface area contributed by atoms with E-state index in [0.29, 0.717) is 29.9 Å². The second kappa shape index (κ2) is 9.86. The number of hydrogen-bond donors (Lipinski definition) is 1. The van der Waals surface area contributed by atoms with Crippen molar-refractivity contribution in [2.45, 2.75) is 33.6 Å². The zero-order valence-electron chi connectivity index (χ0n) is 19.3. The Hall–Kier alpha value is -3.66. The number of aliphatic hydroxyl groups is 1. The van der Waals surface area contributed by atoms with Crippen LogP contribution in [0.15, 0.2) is 40.6 Å². The predicted molar refractivity (Wildman–Crippen MR) is 125 cm³/mol. The molecule has 0 bridgehead atoms. The molecule has 10 heteroatoms. The summed E-state index contributed by atoms with van der Waals surface area (Å²) in [5.41, 5.74) is 1.08. The van der Waals surface area contributed by atoms with Crippen LogP contribution < -0.4 is 10.6 Å². The number of aromatic nitrogens is 3. The molecule has 0 spiro atoms. The molecule has 3 aromatic rings. The molecule has 1 aromatic carbocycles. The Morgan fingerprint density at radius 2 is 1.97 bits per heavy atom. The van der Waals surface area contributed by atoms with Crippen molar-refractivity contribution in [1.29, 1.82) is 0 Å². The summed E-state index contributed by atoms with van der Waals surface area (Å²) in [6, 6.07) is 2.74. The first-order valence-electron chi connectivity index (χ1n) is 10.5. The number of rotatable bonds is 7. The topological polar surface area (TPSA) is 104 Å². The van der Waals surface area contributed by atoms with Gasteiger partial charge in [0.2, 0.25) is 6.41 Å². The second-order valence-electron chi connectivity index (χ2n) is 7.82. The summed E-state index contributed by atoms with van der Waals surface area (Å²) in [6.07, 6.45) is 5.30. The van der Waals surface area contributed by atoms with Crippen molar-refractivity contribution in [3.05, 3.63) is 58.2 Å². The number of aliphatic hydroxyl groups excluding tert-OH is 1. The van der Waals surface area contributed by atoms with Crippen molar-refractivity contribution in [2.75, 3.05) is 25.2 Å². The molecular formula is C23H27FN6O3. The quantitative estimate of drug-likeness (QED) is 0.255. The Morgan fingerprint density at radius 1 is 1.27 bits per heavy atom. The van der Waals surface area contributed by atoms with Crippen LogP contribution in [-0.4, -0.2) is 57.0 Å². The molecule has 0 aliphatic rings. The normalized spacial score (nSPS) is 11.8. The van der Waals surface area contributed by atoms with E-state index in [9.17, 15) is 14.7 Å². The lowest BCUT2D eigenvalue weighted by molar-refractivity contribution is -0.114. The third-order valence-corrected chi connectivity index (χ3v) is 5.38. The minimum atomic E-state index is -0.666. The maximum atomic E-state index is 15.2. The van der Waals surface area contributed by atoms with Crippen LogP contribution in [-0.2, 0) is 4.79 Å². The van der Waals surface area contributed by atoms with E-state index >= 15 is 4.39 Å². The van der Waals surface area contributed by atoms with Crippen molar-refractivity contribution in [2.24, 2.45) is 5.10 Å². The van der Waals surface area contributed by atoms with E-state index in [-0.39, 0.29) is 22.8 Å². The highest BCUT2D eigenvalue weighted by Gasteiger charge is 2.19. The smallest absolute Gasteiger partial charge is 0.264 e. The molecule has 33 heavy (non-hydrogen) atoms. The van der Waals surface area contributed by atoms with Gasteiger partial charge in [-0.1, -0.05) is 13.8 Å². The monoisotopic (exact) mass is 454 g/mol. The first-order chi connectivity index (χ1) is 15.7. The van der Waals surface area contributed by atoms with E-state index in [1.807, 2.05) is 13.8 Å². The third-order valence-electron chi connectivity index (χ3n) is 5.38. The minimum Gasteiger partial charge on any atom is -0.388 e. The standard InChI is InChI=1S/C23H27FN6O3/c1-6-29(13-32)21(12-31)27-28(5)20-10-16-17(9-19(20)24)23(33)30(11-18(16)14(2)3)22-15(4)25-7-8-26-22/h7-11,13-14,31H,6,12H2,1-5H3/b27-21-. The van der Waals surface area contributed by atoms with Gasteiger partial charge in [0.1, 0.15) is 12.4 Å². The number of anilines is 1. The van der Waals surface area contributed by atoms with Gasteiger partial charge >= 0.3 is 0 Å².